The standard InChI is InChI=1S/C11H16N2O3S/c12-7-8-16-10-3-5-11(6-4-10)17(14,15)13-9-1-2-9/h3-6,9,13H,1-2,7-8,12H2. The van der Waals surface area contributed by atoms with Crippen LogP contribution in [0.5, 0.6) is 5.75 Å². The molecule has 1 aromatic carbocycles. The fourth-order valence-corrected chi connectivity index (χ4v) is 2.69. The van der Waals surface area contributed by atoms with Gasteiger partial charge < -0.3 is 10.5 Å². The molecule has 1 aliphatic carbocycles. The van der Waals surface area contributed by atoms with Crippen molar-refractivity contribution in [2.45, 2.75) is 23.8 Å². The zero-order valence-corrected chi connectivity index (χ0v) is 10.2. The van der Waals surface area contributed by atoms with E-state index in [0.717, 1.165) is 12.8 Å². The second-order valence-electron chi connectivity index (χ2n) is 4.00. The van der Waals surface area contributed by atoms with Crippen LogP contribution < -0.4 is 15.2 Å². The molecule has 5 nitrogen and oxygen atoms in total. The fraction of sp³-hybridized carbons (Fsp3) is 0.455. The van der Waals surface area contributed by atoms with E-state index in [0.29, 0.717) is 18.9 Å². The van der Waals surface area contributed by atoms with Gasteiger partial charge in [0.1, 0.15) is 12.4 Å². The Morgan fingerprint density at radius 3 is 2.47 bits per heavy atom. The van der Waals surface area contributed by atoms with Crippen molar-refractivity contribution in [2.75, 3.05) is 13.2 Å². The molecule has 0 aromatic heterocycles. The predicted molar refractivity (Wildman–Crippen MR) is 64.3 cm³/mol. The Morgan fingerprint density at radius 2 is 1.94 bits per heavy atom. The summed E-state index contributed by atoms with van der Waals surface area (Å²) in [5.41, 5.74) is 5.31. The fourth-order valence-electron chi connectivity index (χ4n) is 1.38. The molecule has 0 radical (unpaired) electrons. The molecule has 2 rings (SSSR count). The number of nitrogens with two attached hydrogens (primary N) is 1. The summed E-state index contributed by atoms with van der Waals surface area (Å²) in [6.07, 6.45) is 1.86. The third-order valence-electron chi connectivity index (χ3n) is 2.42. The molecular weight excluding hydrogens is 240 g/mol. The molecule has 17 heavy (non-hydrogen) atoms. The van der Waals surface area contributed by atoms with Crippen molar-refractivity contribution in [3.8, 4) is 5.75 Å². The Hall–Kier alpha value is -1.11. The van der Waals surface area contributed by atoms with Crippen LogP contribution in [0.15, 0.2) is 29.2 Å². The van der Waals surface area contributed by atoms with E-state index in [-0.39, 0.29) is 10.9 Å². The summed E-state index contributed by atoms with van der Waals surface area (Å²) < 4.78 is 31.6. The number of rotatable bonds is 6. The van der Waals surface area contributed by atoms with Crippen LogP contribution in [0.1, 0.15) is 12.8 Å². The molecule has 0 saturated heterocycles. The minimum Gasteiger partial charge on any atom is -0.492 e. The third kappa shape index (κ3) is 3.42. The second-order valence-corrected chi connectivity index (χ2v) is 5.72. The number of nitrogens with one attached hydrogen (secondary N) is 1. The molecule has 3 N–H and O–H groups in total. The van der Waals surface area contributed by atoms with Crippen molar-refractivity contribution >= 4 is 10.0 Å². The Labute approximate surface area is 101 Å². The second kappa shape index (κ2) is 5.03. The first-order valence-corrected chi connectivity index (χ1v) is 7.05. The molecule has 0 bridgehead atoms. The van der Waals surface area contributed by atoms with Gasteiger partial charge in [0, 0.05) is 12.6 Å². The predicted octanol–water partition coefficient (Wildman–Crippen LogP) is 0.465. The Morgan fingerprint density at radius 1 is 1.29 bits per heavy atom. The van der Waals surface area contributed by atoms with E-state index >= 15 is 0 Å². The first-order chi connectivity index (χ1) is 8.12. The van der Waals surface area contributed by atoms with Crippen LogP contribution in [0, 0.1) is 0 Å². The van der Waals surface area contributed by atoms with E-state index in [4.69, 9.17) is 10.5 Å². The molecular formula is C11H16N2O3S. The Balaban J connectivity index is 2.05. The average Bonchev–Trinajstić information content (AvgIpc) is 3.10. The minimum atomic E-state index is -3.36. The molecule has 94 valence electrons. The molecule has 1 saturated carbocycles. The van der Waals surface area contributed by atoms with Crippen molar-refractivity contribution in [3.63, 3.8) is 0 Å². The van der Waals surface area contributed by atoms with Gasteiger partial charge in [-0.1, -0.05) is 0 Å². The number of benzene rings is 1. The number of sulfonamides is 1. The molecule has 0 unspecified atom stereocenters. The van der Waals surface area contributed by atoms with Gasteiger partial charge in [-0.25, -0.2) is 13.1 Å². The van der Waals surface area contributed by atoms with Gasteiger partial charge in [0.2, 0.25) is 10.0 Å². The van der Waals surface area contributed by atoms with Crippen LogP contribution in [-0.4, -0.2) is 27.6 Å². The average molecular weight is 256 g/mol. The van der Waals surface area contributed by atoms with Gasteiger partial charge in [0.25, 0.3) is 0 Å². The van der Waals surface area contributed by atoms with Crippen LogP contribution in [0.4, 0.5) is 0 Å². The summed E-state index contributed by atoms with van der Waals surface area (Å²) in [5, 5.41) is 0. The van der Waals surface area contributed by atoms with Crippen LogP contribution in [0.2, 0.25) is 0 Å². The smallest absolute Gasteiger partial charge is 0.240 e. The number of ether oxygens (including phenoxy) is 1. The summed E-state index contributed by atoms with van der Waals surface area (Å²) in [4.78, 5) is 0.268. The lowest BCUT2D eigenvalue weighted by Crippen LogP contribution is -2.25. The van der Waals surface area contributed by atoms with Crippen molar-refractivity contribution in [3.05, 3.63) is 24.3 Å². The topological polar surface area (TPSA) is 81.4 Å². The van der Waals surface area contributed by atoms with Crippen LogP contribution >= 0.6 is 0 Å². The molecule has 0 aliphatic heterocycles. The van der Waals surface area contributed by atoms with Gasteiger partial charge in [-0.2, -0.15) is 0 Å². The number of hydrogen-bond donors (Lipinski definition) is 2. The van der Waals surface area contributed by atoms with E-state index in [1.165, 1.54) is 12.1 Å². The van der Waals surface area contributed by atoms with Crippen LogP contribution in [0.3, 0.4) is 0 Å². The van der Waals surface area contributed by atoms with Gasteiger partial charge in [-0.15, -0.1) is 0 Å². The quantitative estimate of drug-likeness (QED) is 0.775. The van der Waals surface area contributed by atoms with Gasteiger partial charge in [-0.05, 0) is 37.1 Å². The van der Waals surface area contributed by atoms with E-state index in [1.54, 1.807) is 12.1 Å². The molecule has 0 atom stereocenters. The lowest BCUT2D eigenvalue weighted by molar-refractivity contribution is 0.328. The summed E-state index contributed by atoms with van der Waals surface area (Å²) in [6.45, 7) is 0.857. The van der Waals surface area contributed by atoms with Gasteiger partial charge in [0.05, 0.1) is 4.90 Å². The minimum absolute atomic E-state index is 0.119. The molecule has 1 aromatic rings. The SMILES string of the molecule is NCCOc1ccc(S(=O)(=O)NC2CC2)cc1. The normalized spacial score (nSPS) is 15.8. The maximum absolute atomic E-state index is 11.8. The molecule has 0 heterocycles. The highest BCUT2D eigenvalue weighted by Gasteiger charge is 2.27. The zero-order valence-electron chi connectivity index (χ0n) is 9.43. The van der Waals surface area contributed by atoms with Crippen LogP contribution in [0.25, 0.3) is 0 Å². The van der Waals surface area contributed by atoms with Gasteiger partial charge in [-0.3, -0.25) is 0 Å². The Bertz CT molecular complexity index is 466. The van der Waals surface area contributed by atoms with E-state index in [2.05, 4.69) is 4.72 Å². The maximum Gasteiger partial charge on any atom is 0.240 e. The van der Waals surface area contributed by atoms with Crippen molar-refractivity contribution in [1.82, 2.24) is 4.72 Å². The van der Waals surface area contributed by atoms with Crippen molar-refractivity contribution in [1.29, 1.82) is 0 Å². The molecule has 0 amide bonds. The number of hydrogen-bond acceptors (Lipinski definition) is 4. The highest BCUT2D eigenvalue weighted by atomic mass is 32.2. The first-order valence-electron chi connectivity index (χ1n) is 5.57. The molecule has 1 fully saturated rings. The zero-order chi connectivity index (χ0) is 12.3. The third-order valence-corrected chi connectivity index (χ3v) is 3.96. The van der Waals surface area contributed by atoms with Crippen molar-refractivity contribution < 1.29 is 13.2 Å². The molecule has 6 heteroatoms. The van der Waals surface area contributed by atoms with E-state index in [9.17, 15) is 8.42 Å². The largest absolute Gasteiger partial charge is 0.492 e. The molecule has 0 spiro atoms. The van der Waals surface area contributed by atoms with Gasteiger partial charge >= 0.3 is 0 Å². The summed E-state index contributed by atoms with van der Waals surface area (Å²) in [5.74, 6) is 0.626. The molecule has 1 aliphatic rings. The monoisotopic (exact) mass is 256 g/mol. The van der Waals surface area contributed by atoms with E-state index < -0.39 is 10.0 Å². The van der Waals surface area contributed by atoms with Crippen molar-refractivity contribution in [2.24, 2.45) is 5.73 Å². The van der Waals surface area contributed by atoms with Gasteiger partial charge in [0.15, 0.2) is 0 Å². The summed E-state index contributed by atoms with van der Waals surface area (Å²) in [6, 6.07) is 6.47. The maximum atomic E-state index is 11.8. The lowest BCUT2D eigenvalue weighted by Gasteiger charge is -2.07. The van der Waals surface area contributed by atoms with E-state index in [1.807, 2.05) is 0 Å². The Kier molecular flexibility index (Phi) is 3.66. The summed E-state index contributed by atoms with van der Waals surface area (Å²) in [7, 11) is -3.36. The summed E-state index contributed by atoms with van der Waals surface area (Å²) >= 11 is 0. The highest BCUT2D eigenvalue weighted by molar-refractivity contribution is 7.89. The highest BCUT2D eigenvalue weighted by Crippen LogP contribution is 2.23. The van der Waals surface area contributed by atoms with Crippen LogP contribution in [-0.2, 0) is 10.0 Å². The first kappa shape index (κ1) is 12.3. The lowest BCUT2D eigenvalue weighted by atomic mass is 10.3.